The zero-order valence-corrected chi connectivity index (χ0v) is 16.5. The van der Waals surface area contributed by atoms with Crippen molar-refractivity contribution < 1.29 is 9.59 Å². The van der Waals surface area contributed by atoms with Crippen LogP contribution in [0.5, 0.6) is 0 Å². The third-order valence-electron chi connectivity index (χ3n) is 3.80. The molecular formula is C21H19N5O2S. The van der Waals surface area contributed by atoms with Crippen molar-refractivity contribution in [2.24, 2.45) is 5.10 Å². The molecule has 0 radical (unpaired) electrons. The summed E-state index contributed by atoms with van der Waals surface area (Å²) in [6, 6.07) is 18.0. The van der Waals surface area contributed by atoms with Gasteiger partial charge in [-0.1, -0.05) is 42.1 Å². The zero-order chi connectivity index (χ0) is 20.5. The second-order valence-electron chi connectivity index (χ2n) is 5.95. The number of hydrazone groups is 1. The van der Waals surface area contributed by atoms with Gasteiger partial charge < -0.3 is 5.32 Å². The zero-order valence-electron chi connectivity index (χ0n) is 15.7. The molecule has 1 heterocycles. The molecule has 2 N–H and O–H groups in total. The van der Waals surface area contributed by atoms with Gasteiger partial charge in [0.05, 0.1) is 11.5 Å². The first-order chi connectivity index (χ1) is 14.1. The van der Waals surface area contributed by atoms with Gasteiger partial charge in [0.25, 0.3) is 11.8 Å². The minimum atomic E-state index is -0.254. The Morgan fingerprint density at radius 3 is 2.45 bits per heavy atom. The highest BCUT2D eigenvalue weighted by Gasteiger charge is 2.07. The number of aromatic nitrogens is 2. The largest absolute Gasteiger partial charge is 0.322 e. The van der Waals surface area contributed by atoms with Crippen LogP contribution in [0.2, 0.25) is 0 Å². The van der Waals surface area contributed by atoms with Gasteiger partial charge in [0, 0.05) is 23.6 Å². The van der Waals surface area contributed by atoms with Crippen LogP contribution in [0.3, 0.4) is 0 Å². The average molecular weight is 405 g/mol. The summed E-state index contributed by atoms with van der Waals surface area (Å²) < 4.78 is 0. The van der Waals surface area contributed by atoms with Gasteiger partial charge in [-0.15, -0.1) is 0 Å². The number of rotatable bonds is 7. The van der Waals surface area contributed by atoms with Crippen LogP contribution < -0.4 is 10.7 Å². The molecule has 0 saturated heterocycles. The van der Waals surface area contributed by atoms with Crippen molar-refractivity contribution in [2.45, 2.75) is 12.1 Å². The minimum Gasteiger partial charge on any atom is -0.322 e. The van der Waals surface area contributed by atoms with E-state index in [0.29, 0.717) is 22.1 Å². The van der Waals surface area contributed by atoms with E-state index in [-0.39, 0.29) is 17.6 Å². The van der Waals surface area contributed by atoms with Crippen LogP contribution >= 0.6 is 11.8 Å². The molecule has 0 spiro atoms. The molecule has 3 rings (SSSR count). The van der Waals surface area contributed by atoms with Crippen LogP contribution in [0, 0.1) is 0 Å². The van der Waals surface area contributed by atoms with Gasteiger partial charge in [-0.2, -0.15) is 5.10 Å². The second-order valence-corrected chi connectivity index (χ2v) is 6.90. The third-order valence-corrected chi connectivity index (χ3v) is 4.67. The summed E-state index contributed by atoms with van der Waals surface area (Å²) in [4.78, 5) is 32.4. The molecule has 29 heavy (non-hydrogen) atoms. The first-order valence-corrected chi connectivity index (χ1v) is 9.80. The Bertz CT molecular complexity index is 1010. The summed E-state index contributed by atoms with van der Waals surface area (Å²) >= 11 is 1.23. The van der Waals surface area contributed by atoms with Gasteiger partial charge in [0.1, 0.15) is 0 Å². The lowest BCUT2D eigenvalue weighted by atomic mass is 10.1. The van der Waals surface area contributed by atoms with Gasteiger partial charge >= 0.3 is 0 Å². The first-order valence-electron chi connectivity index (χ1n) is 8.81. The Hall–Kier alpha value is -3.52. The van der Waals surface area contributed by atoms with Crippen molar-refractivity contribution in [2.75, 3.05) is 11.1 Å². The van der Waals surface area contributed by atoms with Crippen molar-refractivity contribution in [3.05, 3.63) is 84.2 Å². The number of carbonyl (C=O) groups is 2. The van der Waals surface area contributed by atoms with Gasteiger partial charge in [-0.3, -0.25) is 9.59 Å². The van der Waals surface area contributed by atoms with Crippen LogP contribution in [0.4, 0.5) is 5.69 Å². The minimum absolute atomic E-state index is 0.161. The summed E-state index contributed by atoms with van der Waals surface area (Å²) in [5.74, 6) is -0.283. The Kier molecular flexibility index (Phi) is 7.07. The van der Waals surface area contributed by atoms with E-state index in [1.54, 1.807) is 49.6 Å². The Balaban J connectivity index is 1.57. The van der Waals surface area contributed by atoms with E-state index in [9.17, 15) is 9.59 Å². The van der Waals surface area contributed by atoms with Gasteiger partial charge in [-0.05, 0) is 42.8 Å². The lowest BCUT2D eigenvalue weighted by Crippen LogP contribution is -2.21. The molecule has 146 valence electrons. The number of hydrogen-bond acceptors (Lipinski definition) is 6. The molecule has 1 aromatic heterocycles. The molecule has 0 atom stereocenters. The van der Waals surface area contributed by atoms with Crippen molar-refractivity contribution in [1.82, 2.24) is 15.4 Å². The molecule has 0 aliphatic heterocycles. The van der Waals surface area contributed by atoms with Crippen molar-refractivity contribution in [3.63, 3.8) is 0 Å². The lowest BCUT2D eigenvalue weighted by Gasteiger charge is -2.08. The van der Waals surface area contributed by atoms with E-state index in [1.165, 1.54) is 11.8 Å². The van der Waals surface area contributed by atoms with Crippen LogP contribution in [-0.4, -0.2) is 33.2 Å². The normalized spacial score (nSPS) is 11.0. The molecule has 0 unspecified atom stereocenters. The number of benzene rings is 2. The van der Waals surface area contributed by atoms with Gasteiger partial charge in [0.2, 0.25) is 0 Å². The van der Waals surface area contributed by atoms with Gasteiger partial charge in [-0.25, -0.2) is 15.4 Å². The Labute approximate surface area is 172 Å². The smallest absolute Gasteiger partial charge is 0.255 e. The lowest BCUT2D eigenvalue weighted by molar-refractivity contribution is -0.118. The first kappa shape index (κ1) is 20.2. The second kappa shape index (κ2) is 10.1. The fourth-order valence-electron chi connectivity index (χ4n) is 2.35. The highest BCUT2D eigenvalue weighted by Crippen LogP contribution is 2.14. The number of nitrogens with one attached hydrogen (secondary N) is 2. The number of thioether (sulfide) groups is 1. The fourth-order valence-corrected chi connectivity index (χ4v) is 2.94. The molecule has 8 heteroatoms. The van der Waals surface area contributed by atoms with Crippen LogP contribution in [0.1, 0.15) is 22.8 Å². The predicted octanol–water partition coefficient (Wildman–Crippen LogP) is 3.36. The number of carbonyl (C=O) groups excluding carboxylic acids is 2. The summed E-state index contributed by atoms with van der Waals surface area (Å²) in [5, 5.41) is 7.53. The molecular weight excluding hydrogens is 386 g/mol. The van der Waals surface area contributed by atoms with E-state index in [0.717, 1.165) is 5.56 Å². The molecule has 0 fully saturated rings. The number of hydrogen-bond donors (Lipinski definition) is 2. The number of nitrogens with zero attached hydrogens (tertiary/aromatic N) is 3. The molecule has 2 amide bonds. The maximum atomic E-state index is 12.3. The number of anilines is 1. The van der Waals surface area contributed by atoms with Crippen LogP contribution in [0.25, 0.3) is 0 Å². The highest BCUT2D eigenvalue weighted by atomic mass is 32.2. The van der Waals surface area contributed by atoms with Crippen molar-refractivity contribution in [3.8, 4) is 0 Å². The van der Waals surface area contributed by atoms with Crippen LogP contribution in [0.15, 0.2) is 83.3 Å². The average Bonchev–Trinajstić information content (AvgIpc) is 2.77. The summed E-state index contributed by atoms with van der Waals surface area (Å²) in [7, 11) is 0. The van der Waals surface area contributed by atoms with Crippen molar-refractivity contribution in [1.29, 1.82) is 0 Å². The van der Waals surface area contributed by atoms with E-state index >= 15 is 0 Å². The van der Waals surface area contributed by atoms with E-state index < -0.39 is 0 Å². The molecule has 3 aromatic rings. The van der Waals surface area contributed by atoms with E-state index in [1.807, 2.05) is 30.3 Å². The molecule has 0 bridgehead atoms. The van der Waals surface area contributed by atoms with Gasteiger partial charge in [0.15, 0.2) is 5.16 Å². The predicted molar refractivity (Wildman–Crippen MR) is 114 cm³/mol. The van der Waals surface area contributed by atoms with Crippen LogP contribution in [-0.2, 0) is 4.79 Å². The Morgan fingerprint density at radius 2 is 1.69 bits per heavy atom. The van der Waals surface area contributed by atoms with E-state index in [4.69, 9.17) is 0 Å². The van der Waals surface area contributed by atoms with Crippen molar-refractivity contribution >= 4 is 35.0 Å². The SMILES string of the molecule is CC(=NNC(=O)CSc1ncccn1)c1cccc(NC(=O)c2ccccc2)c1. The molecule has 7 nitrogen and oxygen atoms in total. The van der Waals surface area contributed by atoms with E-state index in [2.05, 4.69) is 25.8 Å². The quantitative estimate of drug-likeness (QED) is 0.272. The molecule has 0 aliphatic rings. The highest BCUT2D eigenvalue weighted by molar-refractivity contribution is 7.99. The fraction of sp³-hybridized carbons (Fsp3) is 0.0952. The molecule has 0 saturated carbocycles. The third kappa shape index (κ3) is 6.25. The maximum Gasteiger partial charge on any atom is 0.255 e. The summed E-state index contributed by atoms with van der Waals surface area (Å²) in [5.41, 5.74) is 5.16. The topological polar surface area (TPSA) is 96.3 Å². The summed E-state index contributed by atoms with van der Waals surface area (Å²) in [6.07, 6.45) is 3.25. The Morgan fingerprint density at radius 1 is 0.966 bits per heavy atom. The number of amides is 2. The standard InChI is InChI=1S/C21H19N5O2S/c1-15(25-26-19(27)14-29-21-22-11-6-12-23-21)17-9-5-10-18(13-17)24-20(28)16-7-3-2-4-8-16/h2-13H,14H2,1H3,(H,24,28)(H,26,27). The summed E-state index contributed by atoms with van der Waals surface area (Å²) in [6.45, 7) is 1.78. The maximum absolute atomic E-state index is 12.3. The monoisotopic (exact) mass is 405 g/mol. The molecule has 2 aromatic carbocycles. The molecule has 0 aliphatic carbocycles.